The van der Waals surface area contributed by atoms with Crippen LogP contribution in [-0.4, -0.2) is 32.0 Å². The zero-order valence-corrected chi connectivity index (χ0v) is 19.5. The molecule has 3 heterocycles. The number of benzene rings is 2. The highest BCUT2D eigenvalue weighted by molar-refractivity contribution is 6.05. The second kappa shape index (κ2) is 8.74. The molecule has 0 aliphatic rings. The second-order valence-electron chi connectivity index (χ2n) is 8.48. The summed E-state index contributed by atoms with van der Waals surface area (Å²) >= 11 is 0. The van der Waals surface area contributed by atoms with Gasteiger partial charge < -0.3 is 14.4 Å². The van der Waals surface area contributed by atoms with Gasteiger partial charge in [0.25, 0.3) is 5.56 Å². The molecule has 186 valence electrons. The molecule has 0 bridgehead atoms. The lowest BCUT2D eigenvalue weighted by Crippen LogP contribution is -2.20. The molecule has 0 aliphatic heterocycles. The maximum atomic E-state index is 13.1. The largest absolute Gasteiger partial charge is 0.573 e. The van der Waals surface area contributed by atoms with Gasteiger partial charge in [0, 0.05) is 47.4 Å². The first-order valence-corrected chi connectivity index (χ1v) is 11.0. The van der Waals surface area contributed by atoms with Crippen molar-refractivity contribution >= 4 is 27.6 Å². The van der Waals surface area contributed by atoms with Crippen LogP contribution in [0.5, 0.6) is 5.75 Å². The molecule has 0 amide bonds. The van der Waals surface area contributed by atoms with Gasteiger partial charge in [0.2, 0.25) is 0 Å². The van der Waals surface area contributed by atoms with Crippen molar-refractivity contribution < 1.29 is 27.8 Å². The summed E-state index contributed by atoms with van der Waals surface area (Å²) in [5, 5.41) is 11.1. The molecular weight excluding hydrogens is 487 g/mol. The van der Waals surface area contributed by atoms with Crippen molar-refractivity contribution in [3.63, 3.8) is 0 Å². The van der Waals surface area contributed by atoms with E-state index >= 15 is 0 Å². The van der Waals surface area contributed by atoms with E-state index in [0.717, 1.165) is 5.39 Å². The van der Waals surface area contributed by atoms with Crippen molar-refractivity contribution in [3.8, 4) is 28.1 Å². The van der Waals surface area contributed by atoms with Gasteiger partial charge in [0.1, 0.15) is 11.4 Å². The van der Waals surface area contributed by atoms with Crippen LogP contribution in [0.15, 0.2) is 71.8 Å². The molecule has 3 aromatic heterocycles. The minimum absolute atomic E-state index is 0.0932. The third kappa shape index (κ3) is 4.49. The Labute approximate surface area is 207 Å². The first-order valence-electron chi connectivity index (χ1n) is 11.0. The minimum Gasteiger partial charge on any atom is -0.477 e. The van der Waals surface area contributed by atoms with Gasteiger partial charge in [-0.15, -0.1) is 13.2 Å². The Hall–Kier alpha value is -4.73. The van der Waals surface area contributed by atoms with Crippen molar-refractivity contribution in [3.05, 3.63) is 88.6 Å². The van der Waals surface area contributed by atoms with Crippen LogP contribution in [0.3, 0.4) is 0 Å². The monoisotopic (exact) mass is 505 g/mol. The predicted octanol–water partition coefficient (Wildman–Crippen LogP) is 5.72. The molecule has 0 saturated carbocycles. The van der Waals surface area contributed by atoms with Gasteiger partial charge in [-0.1, -0.05) is 18.2 Å². The quantitative estimate of drug-likeness (QED) is 0.336. The molecule has 0 radical (unpaired) electrons. The molecule has 5 rings (SSSR count). The number of aromatic carboxylic acids is 1. The van der Waals surface area contributed by atoms with Crippen molar-refractivity contribution in [1.82, 2.24) is 14.5 Å². The number of aryl methyl sites for hydroxylation is 2. The molecule has 10 heteroatoms. The number of alkyl halides is 3. The zero-order chi connectivity index (χ0) is 26.5. The number of rotatable bonds is 4. The zero-order valence-electron chi connectivity index (χ0n) is 19.5. The average Bonchev–Trinajstić information content (AvgIpc) is 2.86. The molecule has 0 fully saturated rings. The van der Waals surface area contributed by atoms with E-state index in [1.807, 2.05) is 6.07 Å². The van der Waals surface area contributed by atoms with E-state index < -0.39 is 18.1 Å². The summed E-state index contributed by atoms with van der Waals surface area (Å²) in [5.74, 6) is -1.58. The molecular formula is C27H18F3N3O4. The summed E-state index contributed by atoms with van der Waals surface area (Å²) in [6, 6.07) is 14.3. The molecule has 0 saturated heterocycles. The first kappa shape index (κ1) is 24.0. The maximum absolute atomic E-state index is 13.1. The molecule has 7 nitrogen and oxygen atoms in total. The molecule has 0 unspecified atom stereocenters. The molecule has 5 aromatic rings. The van der Waals surface area contributed by atoms with E-state index in [2.05, 4.69) is 14.7 Å². The van der Waals surface area contributed by atoms with Gasteiger partial charge in [-0.3, -0.25) is 9.78 Å². The van der Waals surface area contributed by atoms with Gasteiger partial charge in [-0.2, -0.15) is 0 Å². The second-order valence-corrected chi connectivity index (χ2v) is 8.48. The SMILES string of the molecule is Cc1cc2c(-c3cccc4cc(-c5ccc(C(=O)O)nc5)ncc34)cc(OC(F)(F)F)cc2n(C)c1=O. The van der Waals surface area contributed by atoms with Gasteiger partial charge in [0.15, 0.2) is 0 Å². The van der Waals surface area contributed by atoms with Gasteiger partial charge >= 0.3 is 12.3 Å². The third-order valence-electron chi connectivity index (χ3n) is 6.06. The summed E-state index contributed by atoms with van der Waals surface area (Å²) in [7, 11) is 1.50. The van der Waals surface area contributed by atoms with E-state index in [0.29, 0.717) is 44.2 Å². The van der Waals surface area contributed by atoms with E-state index in [1.54, 1.807) is 43.5 Å². The van der Waals surface area contributed by atoms with Crippen LogP contribution in [-0.2, 0) is 7.05 Å². The fraction of sp³-hybridized carbons (Fsp3) is 0.111. The Balaban J connectivity index is 1.72. The molecule has 0 aliphatic carbocycles. The summed E-state index contributed by atoms with van der Waals surface area (Å²) in [4.78, 5) is 32.0. The van der Waals surface area contributed by atoms with Gasteiger partial charge in [-0.25, -0.2) is 9.78 Å². The van der Waals surface area contributed by atoms with Crippen LogP contribution in [0.4, 0.5) is 13.2 Å². The number of fused-ring (bicyclic) bond motifs is 2. The number of halogens is 3. The van der Waals surface area contributed by atoms with Crippen molar-refractivity contribution in [2.24, 2.45) is 7.05 Å². The van der Waals surface area contributed by atoms with E-state index in [1.165, 1.54) is 36.0 Å². The average molecular weight is 505 g/mol. The summed E-state index contributed by atoms with van der Waals surface area (Å²) < 4.78 is 44.9. The number of hydrogen-bond acceptors (Lipinski definition) is 5. The number of aromatic nitrogens is 3. The molecule has 2 aromatic carbocycles. The third-order valence-corrected chi connectivity index (χ3v) is 6.06. The van der Waals surface area contributed by atoms with Crippen LogP contribution in [0.1, 0.15) is 16.1 Å². The number of carboxylic acid groups (broad SMARTS) is 1. The van der Waals surface area contributed by atoms with Gasteiger partial charge in [-0.05, 0) is 53.8 Å². The minimum atomic E-state index is -4.91. The molecule has 37 heavy (non-hydrogen) atoms. The fourth-order valence-corrected chi connectivity index (χ4v) is 4.35. The van der Waals surface area contributed by atoms with Crippen LogP contribution < -0.4 is 10.3 Å². The Bertz CT molecular complexity index is 1760. The Kier molecular flexibility index (Phi) is 5.66. The Morgan fingerprint density at radius 3 is 2.43 bits per heavy atom. The first-order chi connectivity index (χ1) is 17.5. The number of carboxylic acids is 1. The normalized spacial score (nSPS) is 11.7. The highest BCUT2D eigenvalue weighted by Gasteiger charge is 2.31. The number of hydrogen-bond donors (Lipinski definition) is 1. The Morgan fingerprint density at radius 2 is 1.76 bits per heavy atom. The molecule has 0 atom stereocenters. The predicted molar refractivity (Wildman–Crippen MR) is 132 cm³/mol. The number of ether oxygens (including phenoxy) is 1. The van der Waals surface area contributed by atoms with E-state index in [9.17, 15) is 22.8 Å². The molecule has 1 N–H and O–H groups in total. The lowest BCUT2D eigenvalue weighted by Gasteiger charge is -2.17. The van der Waals surface area contributed by atoms with E-state index in [4.69, 9.17) is 5.11 Å². The van der Waals surface area contributed by atoms with Crippen LogP contribution in [0.25, 0.3) is 44.1 Å². The van der Waals surface area contributed by atoms with E-state index in [-0.39, 0.29) is 11.3 Å². The Morgan fingerprint density at radius 1 is 0.973 bits per heavy atom. The summed E-state index contributed by atoms with van der Waals surface area (Å²) in [6.07, 6.45) is -1.90. The van der Waals surface area contributed by atoms with Crippen LogP contribution >= 0.6 is 0 Å². The highest BCUT2D eigenvalue weighted by atomic mass is 19.4. The lowest BCUT2D eigenvalue weighted by molar-refractivity contribution is -0.274. The smallest absolute Gasteiger partial charge is 0.477 e. The van der Waals surface area contributed by atoms with Crippen molar-refractivity contribution in [2.75, 3.05) is 0 Å². The molecule has 0 spiro atoms. The number of nitrogens with zero attached hydrogens (tertiary/aromatic N) is 3. The highest BCUT2D eigenvalue weighted by Crippen LogP contribution is 2.38. The van der Waals surface area contributed by atoms with Gasteiger partial charge in [0.05, 0.1) is 11.2 Å². The topological polar surface area (TPSA) is 94.3 Å². The van der Waals surface area contributed by atoms with Crippen molar-refractivity contribution in [2.45, 2.75) is 13.3 Å². The lowest BCUT2D eigenvalue weighted by atomic mass is 9.94. The number of carbonyl (C=O) groups is 1. The van der Waals surface area contributed by atoms with Crippen molar-refractivity contribution in [1.29, 1.82) is 0 Å². The summed E-state index contributed by atoms with van der Waals surface area (Å²) in [6.45, 7) is 1.65. The number of pyridine rings is 3. The van der Waals surface area contributed by atoms with Crippen LogP contribution in [0.2, 0.25) is 0 Å². The summed E-state index contributed by atoms with van der Waals surface area (Å²) in [5.41, 5.74) is 2.52. The standard InChI is InChI=1S/C27H18F3N3O4/c1-14-8-20-19(10-17(37-27(28,29)30)11-24(20)33(2)25(14)34)18-5-3-4-15-9-23(32-13-21(15)18)16-6-7-22(26(35)36)31-12-16/h3-13H,1-2H3,(H,35,36). The van der Waals surface area contributed by atoms with Crippen LogP contribution in [0, 0.1) is 6.92 Å². The fourth-order valence-electron chi connectivity index (χ4n) is 4.35. The maximum Gasteiger partial charge on any atom is 0.573 e.